The molecular formula is C24H29N7O2S2. The molecule has 1 aromatic heterocycles. The lowest BCUT2D eigenvalue weighted by Gasteiger charge is -2.16. The van der Waals surface area contributed by atoms with E-state index in [9.17, 15) is 8.42 Å². The number of nitrogens with zero attached hydrogens (tertiary/aromatic N) is 3. The fraction of sp³-hybridized carbons (Fsp3) is 0.250. The van der Waals surface area contributed by atoms with E-state index >= 15 is 0 Å². The van der Waals surface area contributed by atoms with Gasteiger partial charge in [0.25, 0.3) is 0 Å². The second-order valence-electron chi connectivity index (χ2n) is 8.17. The van der Waals surface area contributed by atoms with Crippen molar-refractivity contribution in [2.24, 2.45) is 10.1 Å². The number of aliphatic imine (C=N–C) groups is 1. The Balaban J connectivity index is 1.75. The normalized spacial score (nSPS) is 11.7. The first-order valence-electron chi connectivity index (χ1n) is 10.9. The standard InChI is InChI=1S/C24H29N7O2S2/c1-15-5-6-16(2)21(13-15)29-24(34)31-22(30-23-27-17(3)14-18(4)28-23)26-12-11-19-7-9-20(10-8-19)35(25,32)33/h5-10,13-14H,11-12H2,1-4H3,(H2,25,32,33)(H3,26,27,28,29,30,31,34). The summed E-state index contributed by atoms with van der Waals surface area (Å²) in [5.41, 5.74) is 5.64. The number of aromatic nitrogens is 2. The van der Waals surface area contributed by atoms with Gasteiger partial charge in [-0.3, -0.25) is 10.3 Å². The number of anilines is 2. The summed E-state index contributed by atoms with van der Waals surface area (Å²) in [5.74, 6) is 0.791. The maximum Gasteiger partial charge on any atom is 0.238 e. The molecule has 0 aliphatic heterocycles. The van der Waals surface area contributed by atoms with Crippen molar-refractivity contribution in [1.82, 2.24) is 15.3 Å². The predicted octanol–water partition coefficient (Wildman–Crippen LogP) is 3.35. The number of sulfonamides is 1. The number of hydrogen-bond acceptors (Lipinski definition) is 6. The average molecular weight is 512 g/mol. The first kappa shape index (κ1) is 26.2. The van der Waals surface area contributed by atoms with E-state index in [1.165, 1.54) is 12.1 Å². The van der Waals surface area contributed by atoms with Crippen molar-refractivity contribution < 1.29 is 8.42 Å². The number of nitrogens with one attached hydrogen (secondary N) is 3. The third-order valence-electron chi connectivity index (χ3n) is 5.01. The summed E-state index contributed by atoms with van der Waals surface area (Å²) >= 11 is 5.52. The molecule has 0 unspecified atom stereocenters. The molecule has 0 aliphatic carbocycles. The van der Waals surface area contributed by atoms with E-state index < -0.39 is 10.0 Å². The number of hydrogen-bond donors (Lipinski definition) is 4. The van der Waals surface area contributed by atoms with Crippen molar-refractivity contribution >= 4 is 44.9 Å². The maximum atomic E-state index is 11.5. The molecule has 0 saturated carbocycles. The van der Waals surface area contributed by atoms with E-state index in [-0.39, 0.29) is 4.90 Å². The second-order valence-corrected chi connectivity index (χ2v) is 10.1. The molecule has 0 radical (unpaired) electrons. The molecule has 0 atom stereocenters. The van der Waals surface area contributed by atoms with Gasteiger partial charge in [-0.25, -0.2) is 23.5 Å². The van der Waals surface area contributed by atoms with Gasteiger partial charge in [0, 0.05) is 23.6 Å². The zero-order valence-corrected chi connectivity index (χ0v) is 21.7. The molecule has 0 fully saturated rings. The van der Waals surface area contributed by atoms with Crippen molar-refractivity contribution in [3.8, 4) is 0 Å². The van der Waals surface area contributed by atoms with Crippen molar-refractivity contribution in [2.45, 2.75) is 39.0 Å². The Morgan fingerprint density at radius 1 is 0.971 bits per heavy atom. The minimum atomic E-state index is -3.72. The van der Waals surface area contributed by atoms with Crippen LogP contribution in [0.25, 0.3) is 0 Å². The zero-order chi connectivity index (χ0) is 25.6. The molecule has 0 amide bonds. The maximum absolute atomic E-state index is 11.5. The minimum absolute atomic E-state index is 0.0728. The van der Waals surface area contributed by atoms with Crippen molar-refractivity contribution in [2.75, 3.05) is 17.2 Å². The van der Waals surface area contributed by atoms with Crippen LogP contribution in [0.4, 0.5) is 11.6 Å². The third-order valence-corrected chi connectivity index (χ3v) is 6.14. The smallest absolute Gasteiger partial charge is 0.238 e. The van der Waals surface area contributed by atoms with Crippen molar-refractivity contribution in [3.05, 3.63) is 76.6 Å². The molecule has 3 aromatic rings. The fourth-order valence-corrected chi connectivity index (χ4v) is 3.99. The van der Waals surface area contributed by atoms with Gasteiger partial charge in [0.15, 0.2) is 5.11 Å². The highest BCUT2D eigenvalue weighted by molar-refractivity contribution is 7.89. The van der Waals surface area contributed by atoms with Gasteiger partial charge < -0.3 is 10.6 Å². The Morgan fingerprint density at radius 2 is 1.63 bits per heavy atom. The summed E-state index contributed by atoms with van der Waals surface area (Å²) in [5, 5.41) is 15.0. The Morgan fingerprint density at radius 3 is 2.26 bits per heavy atom. The van der Waals surface area contributed by atoms with Crippen LogP contribution in [-0.2, 0) is 16.4 Å². The van der Waals surface area contributed by atoms with Gasteiger partial charge >= 0.3 is 0 Å². The van der Waals surface area contributed by atoms with Gasteiger partial charge in [0.2, 0.25) is 21.9 Å². The largest absolute Gasteiger partial charge is 0.332 e. The van der Waals surface area contributed by atoms with Crippen LogP contribution in [0.1, 0.15) is 28.1 Å². The van der Waals surface area contributed by atoms with Crippen LogP contribution in [-0.4, -0.2) is 36.0 Å². The topological polar surface area (TPSA) is 134 Å². The van der Waals surface area contributed by atoms with E-state index in [0.29, 0.717) is 30.0 Å². The SMILES string of the molecule is Cc1ccc(C)c(NC(=S)NC(=NCCc2ccc(S(N)(=O)=O)cc2)Nc2nc(C)cc(C)n2)c1. The van der Waals surface area contributed by atoms with Gasteiger partial charge in [-0.05, 0) is 87.3 Å². The van der Waals surface area contributed by atoms with Gasteiger partial charge in [0.1, 0.15) is 0 Å². The summed E-state index contributed by atoms with van der Waals surface area (Å²) in [7, 11) is -3.72. The second kappa shape index (κ2) is 11.3. The zero-order valence-electron chi connectivity index (χ0n) is 20.1. The Labute approximate surface area is 211 Å². The number of guanidine groups is 1. The first-order valence-corrected chi connectivity index (χ1v) is 12.9. The van der Waals surface area contributed by atoms with E-state index in [1.54, 1.807) is 12.1 Å². The molecule has 0 bridgehead atoms. The number of aryl methyl sites for hydroxylation is 4. The van der Waals surface area contributed by atoms with Gasteiger partial charge in [-0.15, -0.1) is 0 Å². The monoisotopic (exact) mass is 511 g/mol. The lowest BCUT2D eigenvalue weighted by atomic mass is 10.1. The van der Waals surface area contributed by atoms with Crippen LogP contribution in [0.2, 0.25) is 0 Å². The molecule has 3 rings (SSSR count). The lowest BCUT2D eigenvalue weighted by molar-refractivity contribution is 0.598. The molecule has 0 spiro atoms. The molecule has 35 heavy (non-hydrogen) atoms. The molecule has 11 heteroatoms. The highest BCUT2D eigenvalue weighted by Crippen LogP contribution is 2.16. The van der Waals surface area contributed by atoms with E-state index in [2.05, 4.69) is 30.9 Å². The molecule has 5 N–H and O–H groups in total. The summed E-state index contributed by atoms with van der Waals surface area (Å²) in [6, 6.07) is 14.4. The molecule has 2 aromatic carbocycles. The number of nitrogens with two attached hydrogens (primary N) is 1. The average Bonchev–Trinajstić information content (AvgIpc) is 2.75. The third kappa shape index (κ3) is 8.09. The quantitative estimate of drug-likeness (QED) is 0.225. The van der Waals surface area contributed by atoms with Gasteiger partial charge in [-0.1, -0.05) is 24.3 Å². The van der Waals surface area contributed by atoms with Crippen LogP contribution < -0.4 is 21.1 Å². The molecule has 1 heterocycles. The van der Waals surface area contributed by atoms with Gasteiger partial charge in [0.05, 0.1) is 4.90 Å². The van der Waals surface area contributed by atoms with Crippen LogP contribution >= 0.6 is 12.2 Å². The number of benzene rings is 2. The molecule has 9 nitrogen and oxygen atoms in total. The lowest BCUT2D eigenvalue weighted by Crippen LogP contribution is -2.39. The number of thiocarbonyl (C=S) groups is 1. The highest BCUT2D eigenvalue weighted by atomic mass is 32.2. The number of primary sulfonamides is 1. The fourth-order valence-electron chi connectivity index (χ4n) is 3.27. The molecule has 184 valence electrons. The minimum Gasteiger partial charge on any atom is -0.332 e. The molecular weight excluding hydrogens is 482 g/mol. The first-order chi connectivity index (χ1) is 16.5. The highest BCUT2D eigenvalue weighted by Gasteiger charge is 2.09. The Hall–Kier alpha value is -3.41. The summed E-state index contributed by atoms with van der Waals surface area (Å²) in [6.07, 6.45) is 0.572. The van der Waals surface area contributed by atoms with Crippen molar-refractivity contribution in [1.29, 1.82) is 0 Å². The van der Waals surface area contributed by atoms with Crippen LogP contribution in [0.3, 0.4) is 0 Å². The predicted molar refractivity (Wildman–Crippen MR) is 144 cm³/mol. The number of rotatable bonds is 6. The Bertz CT molecular complexity index is 1330. The summed E-state index contributed by atoms with van der Waals surface area (Å²) in [6.45, 7) is 8.20. The van der Waals surface area contributed by atoms with Crippen LogP contribution in [0.15, 0.2) is 58.4 Å². The van der Waals surface area contributed by atoms with E-state index in [0.717, 1.165) is 33.8 Å². The van der Waals surface area contributed by atoms with Crippen LogP contribution in [0.5, 0.6) is 0 Å². The van der Waals surface area contributed by atoms with E-state index in [1.807, 2.05) is 52.0 Å². The van der Waals surface area contributed by atoms with Gasteiger partial charge in [-0.2, -0.15) is 0 Å². The summed E-state index contributed by atoms with van der Waals surface area (Å²) < 4.78 is 22.9. The Kier molecular flexibility index (Phi) is 8.49. The van der Waals surface area contributed by atoms with E-state index in [4.69, 9.17) is 17.4 Å². The molecule has 0 aliphatic rings. The molecule has 0 saturated heterocycles. The van der Waals surface area contributed by atoms with Crippen LogP contribution in [0, 0.1) is 27.7 Å². The summed E-state index contributed by atoms with van der Waals surface area (Å²) in [4.78, 5) is 13.5. The van der Waals surface area contributed by atoms with Crippen molar-refractivity contribution in [3.63, 3.8) is 0 Å².